The van der Waals surface area contributed by atoms with Gasteiger partial charge in [-0.2, -0.15) is 0 Å². The zero-order valence-corrected chi connectivity index (χ0v) is 11.1. The Morgan fingerprint density at radius 1 is 1.11 bits per heavy atom. The van der Waals surface area contributed by atoms with Crippen molar-refractivity contribution < 1.29 is 9.52 Å². The molecule has 0 unspecified atom stereocenters. The molecule has 0 aliphatic rings. The number of hydrogen-bond donors (Lipinski definition) is 1. The normalized spacial score (nSPS) is 11.1. The van der Waals surface area contributed by atoms with Gasteiger partial charge in [0.15, 0.2) is 0 Å². The summed E-state index contributed by atoms with van der Waals surface area (Å²) in [6.07, 6.45) is 0.742. The molecule has 0 saturated carbocycles. The summed E-state index contributed by atoms with van der Waals surface area (Å²) in [5.74, 6) is 1.25. The Balaban J connectivity index is 1.99. The molecule has 1 aromatic heterocycles. The smallest absolute Gasteiger partial charge is 0.230 e. The topological polar surface area (TPSA) is 62.4 Å². The second-order valence-electron chi connectivity index (χ2n) is 4.36. The van der Waals surface area contributed by atoms with E-state index in [9.17, 15) is 0 Å². The monoisotopic (exact) mass is 261 g/mol. The van der Waals surface area contributed by atoms with E-state index in [0.717, 1.165) is 13.0 Å². The van der Waals surface area contributed by atoms with Gasteiger partial charge in [0, 0.05) is 19.5 Å². The summed E-state index contributed by atoms with van der Waals surface area (Å²) in [4.78, 5) is 2.09. The van der Waals surface area contributed by atoms with Crippen molar-refractivity contribution in [2.24, 2.45) is 0 Å². The predicted molar refractivity (Wildman–Crippen MR) is 71.3 cm³/mol. The van der Waals surface area contributed by atoms with Crippen LogP contribution in [-0.4, -0.2) is 33.4 Å². The van der Waals surface area contributed by atoms with E-state index in [0.29, 0.717) is 24.9 Å². The minimum absolute atomic E-state index is 0.113. The van der Waals surface area contributed by atoms with E-state index in [1.54, 1.807) is 0 Å². The molecule has 19 heavy (non-hydrogen) atoms. The maximum Gasteiger partial charge on any atom is 0.230 e. The van der Waals surface area contributed by atoms with Gasteiger partial charge >= 0.3 is 0 Å². The molecule has 0 saturated heterocycles. The molecule has 2 rings (SSSR count). The van der Waals surface area contributed by atoms with E-state index < -0.39 is 0 Å². The van der Waals surface area contributed by atoms with E-state index in [2.05, 4.69) is 27.2 Å². The van der Waals surface area contributed by atoms with Crippen molar-refractivity contribution in [2.75, 3.05) is 13.2 Å². The highest BCUT2D eigenvalue weighted by atomic mass is 16.4. The van der Waals surface area contributed by atoms with Crippen molar-refractivity contribution >= 4 is 0 Å². The van der Waals surface area contributed by atoms with Gasteiger partial charge in [-0.3, -0.25) is 4.90 Å². The van der Waals surface area contributed by atoms with Crippen molar-refractivity contribution in [1.82, 2.24) is 15.1 Å². The summed E-state index contributed by atoms with van der Waals surface area (Å²) in [6, 6.07) is 10.1. The number of aliphatic hydroxyl groups excluding tert-OH is 1. The van der Waals surface area contributed by atoms with Crippen LogP contribution in [-0.2, 0) is 19.5 Å². The summed E-state index contributed by atoms with van der Waals surface area (Å²) < 4.78 is 5.50. The van der Waals surface area contributed by atoms with Crippen molar-refractivity contribution in [3.8, 4) is 0 Å². The number of nitrogens with zero attached hydrogens (tertiary/aromatic N) is 3. The quantitative estimate of drug-likeness (QED) is 0.820. The highest BCUT2D eigenvalue weighted by Crippen LogP contribution is 2.09. The third-order valence-electron chi connectivity index (χ3n) is 2.84. The van der Waals surface area contributed by atoms with Gasteiger partial charge in [-0.25, -0.2) is 0 Å². The van der Waals surface area contributed by atoms with Crippen LogP contribution < -0.4 is 0 Å². The van der Waals surface area contributed by atoms with E-state index in [1.807, 2.05) is 25.1 Å². The van der Waals surface area contributed by atoms with Gasteiger partial charge in [0.2, 0.25) is 11.8 Å². The number of hydrogen-bond acceptors (Lipinski definition) is 5. The van der Waals surface area contributed by atoms with Crippen LogP contribution in [0.15, 0.2) is 34.7 Å². The summed E-state index contributed by atoms with van der Waals surface area (Å²) in [5.41, 5.74) is 1.20. The van der Waals surface area contributed by atoms with E-state index in [4.69, 9.17) is 9.52 Å². The SMILES string of the molecule is CCc1nnc(CN(CCO)Cc2ccccc2)o1. The van der Waals surface area contributed by atoms with Gasteiger partial charge in [-0.15, -0.1) is 10.2 Å². The average Bonchev–Trinajstić information content (AvgIpc) is 2.88. The lowest BCUT2D eigenvalue weighted by atomic mass is 10.2. The first-order valence-electron chi connectivity index (χ1n) is 6.50. The summed E-state index contributed by atoms with van der Waals surface area (Å²) in [6.45, 7) is 3.99. The molecule has 0 fully saturated rings. The third kappa shape index (κ3) is 4.15. The molecule has 1 N–H and O–H groups in total. The fraction of sp³-hybridized carbons (Fsp3) is 0.429. The van der Waals surface area contributed by atoms with Gasteiger partial charge < -0.3 is 9.52 Å². The summed E-state index contributed by atoms with van der Waals surface area (Å²) in [7, 11) is 0. The van der Waals surface area contributed by atoms with Crippen molar-refractivity contribution in [3.05, 3.63) is 47.7 Å². The fourth-order valence-electron chi connectivity index (χ4n) is 1.88. The van der Waals surface area contributed by atoms with Gasteiger partial charge in [-0.05, 0) is 5.56 Å². The molecule has 0 spiro atoms. The van der Waals surface area contributed by atoms with Crippen molar-refractivity contribution in [2.45, 2.75) is 26.4 Å². The first-order chi connectivity index (χ1) is 9.31. The van der Waals surface area contributed by atoms with Crippen LogP contribution in [0.2, 0.25) is 0 Å². The highest BCUT2D eigenvalue weighted by molar-refractivity contribution is 5.14. The lowest BCUT2D eigenvalue weighted by Crippen LogP contribution is -2.26. The minimum atomic E-state index is 0.113. The molecule has 0 aliphatic carbocycles. The van der Waals surface area contributed by atoms with E-state index >= 15 is 0 Å². The van der Waals surface area contributed by atoms with Crippen molar-refractivity contribution in [3.63, 3.8) is 0 Å². The predicted octanol–water partition coefficient (Wildman–Crippen LogP) is 1.63. The van der Waals surface area contributed by atoms with Gasteiger partial charge in [0.1, 0.15) is 0 Å². The molecule has 0 amide bonds. The maximum atomic E-state index is 9.14. The Bertz CT molecular complexity index is 484. The molecule has 5 nitrogen and oxygen atoms in total. The molecule has 102 valence electrons. The summed E-state index contributed by atoms with van der Waals surface area (Å²) in [5, 5.41) is 17.1. The highest BCUT2D eigenvalue weighted by Gasteiger charge is 2.11. The van der Waals surface area contributed by atoms with Gasteiger partial charge in [0.05, 0.1) is 13.2 Å². The molecule has 2 aromatic rings. The molecule has 1 heterocycles. The Kier molecular flexibility index (Phi) is 5.06. The van der Waals surface area contributed by atoms with Crippen molar-refractivity contribution in [1.29, 1.82) is 0 Å². The van der Waals surface area contributed by atoms with Crippen LogP contribution in [0.4, 0.5) is 0 Å². The van der Waals surface area contributed by atoms with E-state index in [1.165, 1.54) is 5.56 Å². The second kappa shape index (κ2) is 7.01. The molecule has 5 heteroatoms. The Morgan fingerprint density at radius 3 is 2.47 bits per heavy atom. The van der Waals surface area contributed by atoms with Crippen LogP contribution in [0.25, 0.3) is 0 Å². The standard InChI is InChI=1S/C14H19N3O2/c1-2-13-15-16-14(19-13)11-17(8-9-18)10-12-6-4-3-5-7-12/h3-7,18H,2,8-11H2,1H3. The molecule has 0 bridgehead atoms. The molecule has 0 aliphatic heterocycles. The summed E-state index contributed by atoms with van der Waals surface area (Å²) >= 11 is 0. The molecule has 1 aromatic carbocycles. The number of benzene rings is 1. The first-order valence-corrected chi connectivity index (χ1v) is 6.50. The maximum absolute atomic E-state index is 9.14. The zero-order valence-electron chi connectivity index (χ0n) is 11.1. The number of aryl methyl sites for hydroxylation is 1. The zero-order chi connectivity index (χ0) is 13.5. The molecule has 0 radical (unpaired) electrons. The number of rotatable bonds is 7. The fourth-order valence-corrected chi connectivity index (χ4v) is 1.88. The third-order valence-corrected chi connectivity index (χ3v) is 2.84. The van der Waals surface area contributed by atoms with Gasteiger partial charge in [0.25, 0.3) is 0 Å². The largest absolute Gasteiger partial charge is 0.424 e. The van der Waals surface area contributed by atoms with Crippen LogP contribution in [0.5, 0.6) is 0 Å². The molecule has 0 atom stereocenters. The van der Waals surface area contributed by atoms with Crippen LogP contribution in [0, 0.1) is 0 Å². The van der Waals surface area contributed by atoms with Crippen LogP contribution >= 0.6 is 0 Å². The lowest BCUT2D eigenvalue weighted by Gasteiger charge is -2.19. The average molecular weight is 261 g/mol. The second-order valence-corrected chi connectivity index (χ2v) is 4.36. The Labute approximate surface area is 112 Å². The Hall–Kier alpha value is -1.72. The molecular formula is C14H19N3O2. The molecular weight excluding hydrogens is 242 g/mol. The minimum Gasteiger partial charge on any atom is -0.424 e. The number of aliphatic hydroxyl groups is 1. The van der Waals surface area contributed by atoms with Gasteiger partial charge in [-0.1, -0.05) is 37.3 Å². The first kappa shape index (κ1) is 13.7. The number of aromatic nitrogens is 2. The Morgan fingerprint density at radius 2 is 1.84 bits per heavy atom. The lowest BCUT2D eigenvalue weighted by molar-refractivity contribution is 0.171. The van der Waals surface area contributed by atoms with Crippen LogP contribution in [0.3, 0.4) is 0 Å². The van der Waals surface area contributed by atoms with E-state index in [-0.39, 0.29) is 6.61 Å². The van der Waals surface area contributed by atoms with Crippen LogP contribution in [0.1, 0.15) is 24.3 Å².